The van der Waals surface area contributed by atoms with Crippen molar-refractivity contribution in [2.75, 3.05) is 6.61 Å². The van der Waals surface area contributed by atoms with Crippen LogP contribution < -0.4 is 4.74 Å². The summed E-state index contributed by atoms with van der Waals surface area (Å²) in [6.07, 6.45) is 10.9. The third-order valence-corrected chi connectivity index (χ3v) is 6.66. The van der Waals surface area contributed by atoms with Crippen LogP contribution in [0.5, 0.6) is 5.75 Å². The highest BCUT2D eigenvalue weighted by atomic mass is 19.2. The van der Waals surface area contributed by atoms with Crippen LogP contribution in [0.2, 0.25) is 0 Å². The highest BCUT2D eigenvalue weighted by Crippen LogP contribution is 2.37. The molecule has 3 nitrogen and oxygen atoms in total. The second-order valence-corrected chi connectivity index (χ2v) is 8.66. The monoisotopic (exact) mass is 408 g/mol. The van der Waals surface area contributed by atoms with Crippen molar-refractivity contribution in [3.05, 3.63) is 29.3 Å². The van der Waals surface area contributed by atoms with Gasteiger partial charge in [-0.05, 0) is 50.5 Å². The van der Waals surface area contributed by atoms with Crippen LogP contribution in [0.1, 0.15) is 89.5 Å². The van der Waals surface area contributed by atoms with Crippen LogP contribution in [0, 0.1) is 23.5 Å². The molecule has 0 radical (unpaired) electrons. The summed E-state index contributed by atoms with van der Waals surface area (Å²) in [6.45, 7) is 4.22. The molecular weight excluding hydrogens is 374 g/mol. The molecule has 2 unspecified atom stereocenters. The van der Waals surface area contributed by atoms with E-state index in [1.54, 1.807) is 6.92 Å². The number of halogens is 2. The van der Waals surface area contributed by atoms with Gasteiger partial charge in [0.05, 0.1) is 12.5 Å². The van der Waals surface area contributed by atoms with Gasteiger partial charge in [0, 0.05) is 5.56 Å². The minimum absolute atomic E-state index is 0.0728. The van der Waals surface area contributed by atoms with Crippen molar-refractivity contribution in [2.45, 2.75) is 90.1 Å². The Balaban J connectivity index is 1.50. The minimum Gasteiger partial charge on any atom is -0.491 e. The van der Waals surface area contributed by atoms with E-state index in [1.807, 2.05) is 0 Å². The normalized spacial score (nSPS) is 27.5. The van der Waals surface area contributed by atoms with Crippen LogP contribution in [0.4, 0.5) is 8.78 Å². The zero-order chi connectivity index (χ0) is 20.8. The summed E-state index contributed by atoms with van der Waals surface area (Å²) < 4.78 is 39.3. The lowest BCUT2D eigenvalue weighted by atomic mass is 9.78. The van der Waals surface area contributed by atoms with Gasteiger partial charge in [0.1, 0.15) is 6.10 Å². The number of hydrogen-bond donors (Lipinski definition) is 0. The number of rotatable bonds is 8. The van der Waals surface area contributed by atoms with E-state index in [0.717, 1.165) is 24.7 Å². The Morgan fingerprint density at radius 1 is 0.931 bits per heavy atom. The van der Waals surface area contributed by atoms with E-state index in [1.165, 1.54) is 50.7 Å². The van der Waals surface area contributed by atoms with Crippen LogP contribution in [0.25, 0.3) is 0 Å². The number of carbonyl (C=O) groups is 1. The predicted molar refractivity (Wildman–Crippen MR) is 109 cm³/mol. The molecule has 1 aromatic rings. The second-order valence-electron chi connectivity index (χ2n) is 8.66. The van der Waals surface area contributed by atoms with E-state index in [0.29, 0.717) is 12.8 Å². The number of hydrogen-bond acceptors (Lipinski definition) is 3. The molecule has 0 N–H and O–H groups in total. The zero-order valence-corrected chi connectivity index (χ0v) is 17.7. The van der Waals surface area contributed by atoms with Crippen molar-refractivity contribution in [3.63, 3.8) is 0 Å². The number of ether oxygens (including phenoxy) is 2. The maximum absolute atomic E-state index is 14.5. The molecule has 2 aliphatic rings. The number of carbonyl (C=O) groups excluding carboxylic acids is 1. The molecule has 2 fully saturated rings. The first kappa shape index (κ1) is 22.0. The molecule has 1 aromatic carbocycles. The molecular formula is C24H34F2O3. The summed E-state index contributed by atoms with van der Waals surface area (Å²) in [7, 11) is 0. The molecule has 29 heavy (non-hydrogen) atoms. The molecule has 2 atom stereocenters. The van der Waals surface area contributed by atoms with Crippen LogP contribution >= 0.6 is 0 Å². The largest absolute Gasteiger partial charge is 0.491 e. The molecule has 1 heterocycles. The summed E-state index contributed by atoms with van der Waals surface area (Å²) >= 11 is 0. The Labute approximate surface area is 173 Å². The molecule has 1 aliphatic heterocycles. The lowest BCUT2D eigenvalue weighted by Gasteiger charge is -2.32. The van der Waals surface area contributed by atoms with Gasteiger partial charge >= 0.3 is 5.97 Å². The van der Waals surface area contributed by atoms with Crippen molar-refractivity contribution < 1.29 is 23.0 Å². The molecule has 0 spiro atoms. The Bertz CT molecular complexity index is 683. The van der Waals surface area contributed by atoms with Gasteiger partial charge in [-0.1, -0.05) is 51.5 Å². The fourth-order valence-corrected chi connectivity index (χ4v) is 4.98. The van der Waals surface area contributed by atoms with Crippen LogP contribution in [0.15, 0.2) is 12.1 Å². The average molecular weight is 409 g/mol. The molecule has 0 aromatic heterocycles. The van der Waals surface area contributed by atoms with Crippen molar-refractivity contribution in [2.24, 2.45) is 11.8 Å². The fraction of sp³-hybridized carbons (Fsp3) is 0.708. The Kier molecular flexibility index (Phi) is 7.91. The first-order valence-corrected chi connectivity index (χ1v) is 11.3. The van der Waals surface area contributed by atoms with Crippen LogP contribution in [0.3, 0.4) is 0 Å². The van der Waals surface area contributed by atoms with Gasteiger partial charge in [0.15, 0.2) is 11.6 Å². The zero-order valence-electron chi connectivity index (χ0n) is 17.7. The lowest BCUT2D eigenvalue weighted by Crippen LogP contribution is -2.31. The molecule has 1 aliphatic carbocycles. The molecule has 5 heteroatoms. The van der Waals surface area contributed by atoms with E-state index in [-0.39, 0.29) is 24.0 Å². The maximum atomic E-state index is 14.5. The molecule has 1 saturated carbocycles. The van der Waals surface area contributed by atoms with Crippen molar-refractivity contribution >= 4 is 5.97 Å². The van der Waals surface area contributed by atoms with E-state index in [2.05, 4.69) is 6.92 Å². The number of esters is 1. The standard InChI is InChI=1S/C24H34F2O3/c1-3-5-16-6-8-17(9-7-16)10-11-18-12-13-20(24(27)29-18)19-14-15-21(28-4-2)23(26)22(19)25/h14-18,20H,3-13H2,1-2H3. The maximum Gasteiger partial charge on any atom is 0.313 e. The highest BCUT2D eigenvalue weighted by molar-refractivity contribution is 5.79. The highest BCUT2D eigenvalue weighted by Gasteiger charge is 2.34. The SMILES string of the molecule is CCCC1CCC(CCC2CCC(c3ccc(OCC)c(F)c3F)C(=O)O2)CC1. The number of benzene rings is 1. The Hall–Kier alpha value is -1.65. The summed E-state index contributed by atoms with van der Waals surface area (Å²) in [5.41, 5.74) is 0.0728. The molecule has 162 valence electrons. The second kappa shape index (κ2) is 10.4. The first-order valence-electron chi connectivity index (χ1n) is 11.3. The lowest BCUT2D eigenvalue weighted by molar-refractivity contribution is -0.156. The van der Waals surface area contributed by atoms with E-state index in [9.17, 15) is 13.6 Å². The minimum atomic E-state index is -1.03. The third-order valence-electron chi connectivity index (χ3n) is 6.66. The first-order chi connectivity index (χ1) is 14.0. The van der Waals surface area contributed by atoms with Crippen molar-refractivity contribution in [3.8, 4) is 5.75 Å². The summed E-state index contributed by atoms with van der Waals surface area (Å²) in [5.74, 6) is -1.69. The van der Waals surface area contributed by atoms with Gasteiger partial charge in [0.25, 0.3) is 0 Å². The molecule has 0 bridgehead atoms. The third kappa shape index (κ3) is 5.49. The van der Waals surface area contributed by atoms with Gasteiger partial charge in [0.2, 0.25) is 5.82 Å². The Morgan fingerprint density at radius 3 is 2.24 bits per heavy atom. The van der Waals surface area contributed by atoms with Gasteiger partial charge in [-0.3, -0.25) is 4.79 Å². The van der Waals surface area contributed by atoms with Crippen molar-refractivity contribution in [1.82, 2.24) is 0 Å². The smallest absolute Gasteiger partial charge is 0.313 e. The summed E-state index contributed by atoms with van der Waals surface area (Å²) in [6, 6.07) is 2.84. The average Bonchev–Trinajstić information content (AvgIpc) is 2.72. The van der Waals surface area contributed by atoms with E-state index < -0.39 is 23.5 Å². The van der Waals surface area contributed by atoms with E-state index >= 15 is 0 Å². The van der Waals surface area contributed by atoms with Crippen LogP contribution in [-0.4, -0.2) is 18.7 Å². The topological polar surface area (TPSA) is 35.5 Å². The number of cyclic esters (lactones) is 1. The molecule has 0 amide bonds. The summed E-state index contributed by atoms with van der Waals surface area (Å²) in [5, 5.41) is 0. The van der Waals surface area contributed by atoms with E-state index in [4.69, 9.17) is 9.47 Å². The molecule has 3 rings (SSSR count). The quantitative estimate of drug-likeness (QED) is 0.458. The van der Waals surface area contributed by atoms with Crippen molar-refractivity contribution in [1.29, 1.82) is 0 Å². The summed E-state index contributed by atoms with van der Waals surface area (Å²) in [4.78, 5) is 12.5. The Morgan fingerprint density at radius 2 is 1.62 bits per heavy atom. The predicted octanol–water partition coefficient (Wildman–Crippen LogP) is 6.54. The van der Waals surface area contributed by atoms with Gasteiger partial charge in [-0.15, -0.1) is 0 Å². The fourth-order valence-electron chi connectivity index (χ4n) is 4.98. The van der Waals surface area contributed by atoms with Gasteiger partial charge in [-0.2, -0.15) is 4.39 Å². The van der Waals surface area contributed by atoms with Crippen LogP contribution in [-0.2, 0) is 9.53 Å². The molecule has 1 saturated heterocycles. The van der Waals surface area contributed by atoms with Gasteiger partial charge < -0.3 is 9.47 Å². The van der Waals surface area contributed by atoms with Gasteiger partial charge in [-0.25, -0.2) is 4.39 Å².